The van der Waals surface area contributed by atoms with E-state index in [4.69, 9.17) is 5.73 Å². The maximum Gasteiger partial charge on any atom is 0.0648 e. The second kappa shape index (κ2) is 5.83. The maximum atomic E-state index is 6.09. The molecule has 0 saturated carbocycles. The van der Waals surface area contributed by atoms with Gasteiger partial charge in [0.05, 0.1) is 5.69 Å². The number of aromatic nitrogens is 2. The first-order chi connectivity index (χ1) is 8.68. The van der Waals surface area contributed by atoms with Gasteiger partial charge in [0.25, 0.3) is 0 Å². The maximum absolute atomic E-state index is 6.09. The fourth-order valence-electron chi connectivity index (χ4n) is 1.97. The van der Waals surface area contributed by atoms with E-state index in [2.05, 4.69) is 37.1 Å². The largest absolute Gasteiger partial charge is 0.327 e. The van der Waals surface area contributed by atoms with Crippen LogP contribution in [0.2, 0.25) is 0 Å². The van der Waals surface area contributed by atoms with Crippen LogP contribution in [0.1, 0.15) is 26.0 Å². The molecule has 1 unspecified atom stereocenters. The Labute approximate surface area is 109 Å². The molecular formula is C15H21N3. The Morgan fingerprint density at radius 3 is 2.56 bits per heavy atom. The summed E-state index contributed by atoms with van der Waals surface area (Å²) in [6, 6.07) is 12.5. The minimum absolute atomic E-state index is 0.254. The molecule has 2 rings (SSSR count). The average molecular weight is 243 g/mol. The summed E-state index contributed by atoms with van der Waals surface area (Å²) in [5.74, 6) is 0.526. The van der Waals surface area contributed by atoms with Gasteiger partial charge in [0, 0.05) is 17.9 Å². The summed E-state index contributed by atoms with van der Waals surface area (Å²) in [5.41, 5.74) is 8.42. The van der Waals surface area contributed by atoms with Gasteiger partial charge in [-0.15, -0.1) is 0 Å². The molecule has 3 nitrogen and oxygen atoms in total. The van der Waals surface area contributed by atoms with E-state index in [0.717, 1.165) is 18.5 Å². The normalized spacial score (nSPS) is 12.9. The highest BCUT2D eigenvalue weighted by molar-refractivity contribution is 5.32. The van der Waals surface area contributed by atoms with E-state index in [0.29, 0.717) is 5.92 Å². The molecule has 96 valence electrons. The predicted octanol–water partition coefficient (Wildman–Crippen LogP) is 2.79. The van der Waals surface area contributed by atoms with Gasteiger partial charge in [-0.1, -0.05) is 32.0 Å². The number of nitrogens with two attached hydrogens (primary N) is 1. The Balaban J connectivity index is 2.09. The quantitative estimate of drug-likeness (QED) is 0.877. The standard InChI is InChI=1S/C15H21N3/c1-12(2)15(16)9-8-14-10-11-17-18(14)13-6-4-3-5-7-13/h3-7,10-12,15H,8-9,16H2,1-2H3. The summed E-state index contributed by atoms with van der Waals surface area (Å²) in [4.78, 5) is 0. The molecule has 0 aliphatic rings. The molecule has 2 N–H and O–H groups in total. The summed E-state index contributed by atoms with van der Waals surface area (Å²) in [5, 5.41) is 4.39. The molecule has 0 fully saturated rings. The van der Waals surface area contributed by atoms with Crippen molar-refractivity contribution in [2.45, 2.75) is 32.7 Å². The van der Waals surface area contributed by atoms with Crippen molar-refractivity contribution in [3.05, 3.63) is 48.3 Å². The molecule has 1 aromatic carbocycles. The first kappa shape index (κ1) is 12.8. The summed E-state index contributed by atoms with van der Waals surface area (Å²) in [6.45, 7) is 4.33. The lowest BCUT2D eigenvalue weighted by molar-refractivity contribution is 0.460. The molecule has 0 radical (unpaired) electrons. The van der Waals surface area contributed by atoms with Crippen molar-refractivity contribution in [2.24, 2.45) is 11.7 Å². The van der Waals surface area contributed by atoms with Gasteiger partial charge in [-0.05, 0) is 37.0 Å². The van der Waals surface area contributed by atoms with Crippen LogP contribution in [0.15, 0.2) is 42.6 Å². The van der Waals surface area contributed by atoms with Crippen LogP contribution in [0.3, 0.4) is 0 Å². The third-order valence-electron chi connectivity index (χ3n) is 3.31. The Kier molecular flexibility index (Phi) is 4.15. The lowest BCUT2D eigenvalue weighted by Crippen LogP contribution is -2.27. The summed E-state index contributed by atoms with van der Waals surface area (Å²) in [6.07, 6.45) is 3.81. The van der Waals surface area contributed by atoms with Crippen LogP contribution in [-0.2, 0) is 6.42 Å². The van der Waals surface area contributed by atoms with Crippen LogP contribution in [0, 0.1) is 5.92 Å². The minimum atomic E-state index is 0.254. The van der Waals surface area contributed by atoms with E-state index in [1.165, 1.54) is 5.69 Å². The van der Waals surface area contributed by atoms with Crippen molar-refractivity contribution in [1.82, 2.24) is 9.78 Å². The second-order valence-electron chi connectivity index (χ2n) is 5.02. The molecule has 0 aliphatic heterocycles. The molecular weight excluding hydrogens is 222 g/mol. The van der Waals surface area contributed by atoms with Gasteiger partial charge in [-0.3, -0.25) is 0 Å². The third-order valence-corrected chi connectivity index (χ3v) is 3.31. The van der Waals surface area contributed by atoms with Crippen molar-refractivity contribution in [2.75, 3.05) is 0 Å². The zero-order valence-corrected chi connectivity index (χ0v) is 11.1. The van der Waals surface area contributed by atoms with Crippen LogP contribution in [0.4, 0.5) is 0 Å². The monoisotopic (exact) mass is 243 g/mol. The highest BCUT2D eigenvalue weighted by Crippen LogP contribution is 2.13. The lowest BCUT2D eigenvalue weighted by Gasteiger charge is -2.15. The van der Waals surface area contributed by atoms with Gasteiger partial charge < -0.3 is 5.73 Å². The van der Waals surface area contributed by atoms with Gasteiger partial charge in [0.15, 0.2) is 0 Å². The highest BCUT2D eigenvalue weighted by Gasteiger charge is 2.10. The summed E-state index contributed by atoms with van der Waals surface area (Å²) < 4.78 is 1.99. The Morgan fingerprint density at radius 2 is 1.89 bits per heavy atom. The molecule has 0 aliphatic carbocycles. The van der Waals surface area contributed by atoms with Gasteiger partial charge in [-0.25, -0.2) is 4.68 Å². The van der Waals surface area contributed by atoms with E-state index >= 15 is 0 Å². The van der Waals surface area contributed by atoms with Gasteiger partial charge >= 0.3 is 0 Å². The van der Waals surface area contributed by atoms with Gasteiger partial charge in [0.1, 0.15) is 0 Å². The lowest BCUT2D eigenvalue weighted by atomic mass is 9.99. The highest BCUT2D eigenvalue weighted by atomic mass is 15.3. The molecule has 0 spiro atoms. The molecule has 0 saturated heterocycles. The number of aryl methyl sites for hydroxylation is 1. The van der Waals surface area contributed by atoms with Crippen molar-refractivity contribution < 1.29 is 0 Å². The van der Waals surface area contributed by atoms with Crippen LogP contribution in [0.25, 0.3) is 5.69 Å². The molecule has 3 heteroatoms. The fraction of sp³-hybridized carbons (Fsp3) is 0.400. The van der Waals surface area contributed by atoms with E-state index in [1.807, 2.05) is 29.1 Å². The number of hydrogen-bond acceptors (Lipinski definition) is 2. The Bertz CT molecular complexity index is 473. The third kappa shape index (κ3) is 2.99. The van der Waals surface area contributed by atoms with Crippen molar-refractivity contribution >= 4 is 0 Å². The van der Waals surface area contributed by atoms with E-state index in [1.54, 1.807) is 0 Å². The van der Waals surface area contributed by atoms with Gasteiger partial charge in [-0.2, -0.15) is 5.10 Å². The van der Waals surface area contributed by atoms with Crippen molar-refractivity contribution in [3.63, 3.8) is 0 Å². The smallest absolute Gasteiger partial charge is 0.0648 e. The van der Waals surface area contributed by atoms with E-state index < -0.39 is 0 Å². The molecule has 1 atom stereocenters. The zero-order chi connectivity index (χ0) is 13.0. The molecule has 2 aromatic rings. The molecule has 18 heavy (non-hydrogen) atoms. The SMILES string of the molecule is CC(C)C(N)CCc1ccnn1-c1ccccc1. The Morgan fingerprint density at radius 1 is 1.17 bits per heavy atom. The van der Waals surface area contributed by atoms with Crippen molar-refractivity contribution in [3.8, 4) is 5.69 Å². The number of hydrogen-bond donors (Lipinski definition) is 1. The molecule has 1 heterocycles. The fourth-order valence-corrected chi connectivity index (χ4v) is 1.97. The average Bonchev–Trinajstić information content (AvgIpc) is 2.85. The number of nitrogens with zero attached hydrogens (tertiary/aromatic N) is 2. The Hall–Kier alpha value is -1.61. The summed E-state index contributed by atoms with van der Waals surface area (Å²) >= 11 is 0. The van der Waals surface area contributed by atoms with Gasteiger partial charge in [0.2, 0.25) is 0 Å². The number of benzene rings is 1. The molecule has 0 amide bonds. The number of para-hydroxylation sites is 1. The summed E-state index contributed by atoms with van der Waals surface area (Å²) in [7, 11) is 0. The second-order valence-corrected chi connectivity index (χ2v) is 5.02. The van der Waals surface area contributed by atoms with Crippen LogP contribution in [0.5, 0.6) is 0 Å². The minimum Gasteiger partial charge on any atom is -0.327 e. The molecule has 0 bridgehead atoms. The topological polar surface area (TPSA) is 43.8 Å². The predicted molar refractivity (Wildman–Crippen MR) is 74.7 cm³/mol. The van der Waals surface area contributed by atoms with E-state index in [9.17, 15) is 0 Å². The number of rotatable bonds is 5. The zero-order valence-electron chi connectivity index (χ0n) is 11.1. The first-order valence-electron chi connectivity index (χ1n) is 6.52. The van der Waals surface area contributed by atoms with Crippen molar-refractivity contribution in [1.29, 1.82) is 0 Å². The van der Waals surface area contributed by atoms with Crippen LogP contribution >= 0.6 is 0 Å². The van der Waals surface area contributed by atoms with Crippen LogP contribution < -0.4 is 5.73 Å². The molecule has 1 aromatic heterocycles. The first-order valence-corrected chi connectivity index (χ1v) is 6.52. The van der Waals surface area contributed by atoms with E-state index in [-0.39, 0.29) is 6.04 Å². The van der Waals surface area contributed by atoms with Crippen LogP contribution in [-0.4, -0.2) is 15.8 Å².